The van der Waals surface area contributed by atoms with Gasteiger partial charge in [0.25, 0.3) is 0 Å². The van der Waals surface area contributed by atoms with Gasteiger partial charge in [0.05, 0.1) is 12.7 Å². The molecule has 0 aromatic rings. The maximum Gasteiger partial charge on any atom is 0.187 e. The summed E-state index contributed by atoms with van der Waals surface area (Å²) < 4.78 is 11.5. The van der Waals surface area contributed by atoms with Crippen LogP contribution in [0.2, 0.25) is 0 Å². The van der Waals surface area contributed by atoms with E-state index in [0.29, 0.717) is 5.92 Å². The molecule has 4 N–H and O–H groups in total. The molecule has 1 heterocycles. The van der Waals surface area contributed by atoms with Crippen molar-refractivity contribution >= 4 is 0 Å². The van der Waals surface area contributed by atoms with Crippen LogP contribution in [-0.2, 0) is 9.47 Å². The Morgan fingerprint density at radius 2 is 1.67 bits per heavy atom. The van der Waals surface area contributed by atoms with Gasteiger partial charge < -0.3 is 29.9 Å². The number of rotatable bonds is 11. The van der Waals surface area contributed by atoms with Crippen LogP contribution in [0.3, 0.4) is 0 Å². The first kappa shape index (κ1) is 22.8. The molecule has 0 bridgehead atoms. The van der Waals surface area contributed by atoms with Crippen LogP contribution in [0.4, 0.5) is 0 Å². The fourth-order valence-electron chi connectivity index (χ4n) is 4.03. The molecule has 158 valence electrons. The Labute approximate surface area is 163 Å². The van der Waals surface area contributed by atoms with Crippen molar-refractivity contribution in [3.63, 3.8) is 0 Å². The summed E-state index contributed by atoms with van der Waals surface area (Å²) in [7, 11) is 0. The second kappa shape index (κ2) is 12.1. The van der Waals surface area contributed by atoms with Crippen LogP contribution in [0.15, 0.2) is 12.2 Å². The molecule has 1 saturated heterocycles. The topological polar surface area (TPSA) is 99.4 Å². The quantitative estimate of drug-likeness (QED) is 0.321. The maximum absolute atomic E-state index is 10.2. The van der Waals surface area contributed by atoms with E-state index in [9.17, 15) is 20.4 Å². The highest BCUT2D eigenvalue weighted by molar-refractivity contribution is 5.00. The minimum atomic E-state index is -1.39. The normalized spacial score (nSPS) is 36.9. The SMILES string of the molecule is CCCCCCCCCC1CCC=CC1O[C@@H]1O[C@H](CO)[C@@H](O)[C@H](O)[C@H]1O. The number of ether oxygens (including phenoxy) is 2. The van der Waals surface area contributed by atoms with Crippen LogP contribution in [0.5, 0.6) is 0 Å². The molecule has 7 atom stereocenters. The standard InChI is InChI=1S/C21H38O6/c1-2-3-4-5-6-7-8-11-15-12-9-10-13-16(15)26-21-20(25)19(24)18(23)17(14-22)27-21/h10,13,15-25H,2-9,11-12,14H2,1H3/t15?,16?,17-,18-,19+,20-,21-/m1/s1. The van der Waals surface area contributed by atoms with Gasteiger partial charge in [-0.2, -0.15) is 0 Å². The number of allylic oxidation sites excluding steroid dienone is 1. The molecule has 0 spiro atoms. The summed E-state index contributed by atoms with van der Waals surface area (Å²) >= 11 is 0. The van der Waals surface area contributed by atoms with E-state index in [2.05, 4.69) is 13.0 Å². The first-order valence-corrected chi connectivity index (χ1v) is 10.7. The lowest BCUT2D eigenvalue weighted by atomic mass is 9.86. The highest BCUT2D eigenvalue weighted by atomic mass is 16.7. The molecular weight excluding hydrogens is 348 g/mol. The highest BCUT2D eigenvalue weighted by Gasteiger charge is 2.45. The second-order valence-electron chi connectivity index (χ2n) is 7.97. The molecular formula is C21H38O6. The Morgan fingerprint density at radius 3 is 2.37 bits per heavy atom. The fraction of sp³-hybridized carbons (Fsp3) is 0.905. The summed E-state index contributed by atoms with van der Waals surface area (Å²) in [6.07, 6.45) is 9.88. The van der Waals surface area contributed by atoms with Gasteiger partial charge in [0.15, 0.2) is 6.29 Å². The van der Waals surface area contributed by atoms with Crippen molar-refractivity contribution in [3.05, 3.63) is 12.2 Å². The molecule has 6 heteroatoms. The Kier molecular flexibility index (Phi) is 10.2. The van der Waals surface area contributed by atoms with Crippen LogP contribution < -0.4 is 0 Å². The van der Waals surface area contributed by atoms with Crippen molar-refractivity contribution in [2.75, 3.05) is 6.61 Å². The van der Waals surface area contributed by atoms with Crippen molar-refractivity contribution < 1.29 is 29.9 Å². The Hall–Kier alpha value is -0.500. The van der Waals surface area contributed by atoms with Gasteiger partial charge >= 0.3 is 0 Å². The monoisotopic (exact) mass is 386 g/mol. The van der Waals surface area contributed by atoms with Crippen molar-refractivity contribution in [2.24, 2.45) is 5.92 Å². The number of hydrogen-bond acceptors (Lipinski definition) is 6. The predicted octanol–water partition coefficient (Wildman–Crippen LogP) is 2.28. The van der Waals surface area contributed by atoms with Gasteiger partial charge in [-0.15, -0.1) is 0 Å². The Bertz CT molecular complexity index is 427. The van der Waals surface area contributed by atoms with E-state index in [1.54, 1.807) is 0 Å². The van der Waals surface area contributed by atoms with Gasteiger partial charge in [-0.3, -0.25) is 0 Å². The van der Waals surface area contributed by atoms with E-state index in [4.69, 9.17) is 9.47 Å². The average Bonchev–Trinajstić information content (AvgIpc) is 2.68. The summed E-state index contributed by atoms with van der Waals surface area (Å²) in [5, 5.41) is 39.3. The van der Waals surface area contributed by atoms with Gasteiger partial charge in [0, 0.05) is 0 Å². The summed E-state index contributed by atoms with van der Waals surface area (Å²) in [6.45, 7) is 1.79. The van der Waals surface area contributed by atoms with E-state index in [0.717, 1.165) is 19.3 Å². The van der Waals surface area contributed by atoms with E-state index in [-0.39, 0.29) is 6.10 Å². The van der Waals surface area contributed by atoms with Crippen molar-refractivity contribution in [3.8, 4) is 0 Å². The van der Waals surface area contributed by atoms with E-state index >= 15 is 0 Å². The Balaban J connectivity index is 1.80. The summed E-state index contributed by atoms with van der Waals surface area (Å²) in [5.74, 6) is 0.359. The van der Waals surface area contributed by atoms with Gasteiger partial charge in [0.1, 0.15) is 24.4 Å². The molecule has 0 aromatic heterocycles. The molecule has 0 radical (unpaired) electrons. The summed E-state index contributed by atoms with van der Waals surface area (Å²) in [6, 6.07) is 0. The third-order valence-electron chi connectivity index (χ3n) is 5.81. The van der Waals surface area contributed by atoms with Crippen LogP contribution in [0.25, 0.3) is 0 Å². The zero-order valence-electron chi connectivity index (χ0n) is 16.6. The molecule has 6 nitrogen and oxygen atoms in total. The second-order valence-corrected chi connectivity index (χ2v) is 7.97. The molecule has 1 aliphatic carbocycles. The lowest BCUT2D eigenvalue weighted by molar-refractivity contribution is -0.311. The third-order valence-corrected chi connectivity index (χ3v) is 5.81. The number of hydrogen-bond donors (Lipinski definition) is 4. The molecule has 1 aliphatic heterocycles. The van der Waals surface area contributed by atoms with Crippen molar-refractivity contribution in [2.45, 2.75) is 108 Å². The summed E-state index contributed by atoms with van der Waals surface area (Å²) in [4.78, 5) is 0. The van der Waals surface area contributed by atoms with Gasteiger partial charge in [0.2, 0.25) is 0 Å². The first-order valence-electron chi connectivity index (χ1n) is 10.7. The molecule has 0 aromatic carbocycles. The van der Waals surface area contributed by atoms with Gasteiger partial charge in [-0.1, -0.05) is 64.0 Å². The highest BCUT2D eigenvalue weighted by Crippen LogP contribution is 2.31. The van der Waals surface area contributed by atoms with Crippen molar-refractivity contribution in [1.82, 2.24) is 0 Å². The molecule has 2 aliphatic rings. The van der Waals surface area contributed by atoms with Crippen molar-refractivity contribution in [1.29, 1.82) is 0 Å². The third kappa shape index (κ3) is 6.80. The molecule has 0 saturated carbocycles. The maximum atomic E-state index is 10.2. The molecule has 2 unspecified atom stereocenters. The molecule has 0 amide bonds. The van der Waals surface area contributed by atoms with Gasteiger partial charge in [-0.25, -0.2) is 0 Å². The zero-order chi connectivity index (χ0) is 19.6. The first-order chi connectivity index (χ1) is 13.1. The van der Waals surface area contributed by atoms with Crippen LogP contribution >= 0.6 is 0 Å². The predicted molar refractivity (Wildman–Crippen MR) is 103 cm³/mol. The lowest BCUT2D eigenvalue weighted by Crippen LogP contribution is -2.59. The molecule has 1 fully saturated rings. The van der Waals surface area contributed by atoms with E-state index < -0.39 is 37.3 Å². The van der Waals surface area contributed by atoms with Crippen LogP contribution in [0.1, 0.15) is 71.1 Å². The average molecular weight is 387 g/mol. The van der Waals surface area contributed by atoms with E-state index in [1.165, 1.54) is 44.9 Å². The molecule has 2 rings (SSSR count). The van der Waals surface area contributed by atoms with Crippen LogP contribution in [-0.4, -0.2) is 63.8 Å². The smallest absolute Gasteiger partial charge is 0.187 e. The zero-order valence-corrected chi connectivity index (χ0v) is 16.6. The van der Waals surface area contributed by atoms with Crippen LogP contribution in [0, 0.1) is 5.92 Å². The number of unbranched alkanes of at least 4 members (excludes halogenated alkanes) is 6. The Morgan fingerprint density at radius 1 is 0.963 bits per heavy atom. The lowest BCUT2D eigenvalue weighted by Gasteiger charge is -2.42. The molecule has 27 heavy (non-hydrogen) atoms. The fourth-order valence-corrected chi connectivity index (χ4v) is 4.03. The largest absolute Gasteiger partial charge is 0.394 e. The van der Waals surface area contributed by atoms with E-state index in [1.807, 2.05) is 6.08 Å². The minimum Gasteiger partial charge on any atom is -0.394 e. The van der Waals surface area contributed by atoms with Gasteiger partial charge in [-0.05, 0) is 25.2 Å². The summed E-state index contributed by atoms with van der Waals surface area (Å²) in [5.41, 5.74) is 0. The number of aliphatic hydroxyl groups is 4. The number of aliphatic hydroxyl groups excluding tert-OH is 4. The minimum absolute atomic E-state index is 0.180.